The lowest BCUT2D eigenvalue weighted by atomic mass is 9.61. The molecule has 0 amide bonds. The van der Waals surface area contributed by atoms with Crippen LogP contribution in [0.5, 0.6) is 0 Å². The van der Waals surface area contributed by atoms with Crippen LogP contribution in [0.1, 0.15) is 84.5 Å². The molecule has 1 heteroatoms. The van der Waals surface area contributed by atoms with Crippen molar-refractivity contribution in [2.24, 2.45) is 23.5 Å². The van der Waals surface area contributed by atoms with E-state index in [1.165, 1.54) is 70.6 Å². The summed E-state index contributed by atoms with van der Waals surface area (Å²) >= 11 is 0. The molecule has 2 fully saturated rings. The Morgan fingerprint density at radius 3 is 2.28 bits per heavy atom. The molecule has 18 heavy (non-hydrogen) atoms. The van der Waals surface area contributed by atoms with Gasteiger partial charge in [0, 0.05) is 5.54 Å². The summed E-state index contributed by atoms with van der Waals surface area (Å²) in [6.45, 7) is 4.69. The fourth-order valence-electron chi connectivity index (χ4n) is 4.74. The Labute approximate surface area is 114 Å². The maximum Gasteiger partial charge on any atom is 0.0185 e. The summed E-state index contributed by atoms with van der Waals surface area (Å²) < 4.78 is 0. The Bertz CT molecular complexity index is 240. The predicted molar refractivity (Wildman–Crippen MR) is 79.5 cm³/mol. The highest BCUT2D eigenvalue weighted by atomic mass is 14.8. The van der Waals surface area contributed by atoms with E-state index in [1.54, 1.807) is 0 Å². The van der Waals surface area contributed by atoms with Crippen LogP contribution in [0.15, 0.2) is 0 Å². The van der Waals surface area contributed by atoms with E-state index >= 15 is 0 Å². The molecule has 0 saturated heterocycles. The zero-order valence-electron chi connectivity index (χ0n) is 12.6. The van der Waals surface area contributed by atoms with Gasteiger partial charge in [0.1, 0.15) is 0 Å². The first kappa shape index (κ1) is 14.4. The summed E-state index contributed by atoms with van der Waals surface area (Å²) in [4.78, 5) is 0. The van der Waals surface area contributed by atoms with Crippen molar-refractivity contribution in [3.05, 3.63) is 0 Å². The van der Waals surface area contributed by atoms with Gasteiger partial charge in [-0.2, -0.15) is 0 Å². The second-order valence-corrected chi connectivity index (χ2v) is 7.02. The van der Waals surface area contributed by atoms with Crippen LogP contribution in [-0.2, 0) is 0 Å². The van der Waals surface area contributed by atoms with Crippen molar-refractivity contribution in [3.8, 4) is 0 Å². The second-order valence-electron chi connectivity index (χ2n) is 7.02. The smallest absolute Gasteiger partial charge is 0.0185 e. The summed E-state index contributed by atoms with van der Waals surface area (Å²) in [6.07, 6.45) is 15.3. The van der Waals surface area contributed by atoms with Crippen LogP contribution in [-0.4, -0.2) is 5.54 Å². The highest BCUT2D eigenvalue weighted by Gasteiger charge is 2.42. The minimum absolute atomic E-state index is 0.200. The zero-order valence-corrected chi connectivity index (χ0v) is 12.6. The Morgan fingerprint density at radius 2 is 1.67 bits per heavy atom. The van der Waals surface area contributed by atoms with E-state index in [0.717, 1.165) is 17.8 Å². The van der Waals surface area contributed by atoms with Gasteiger partial charge in [-0.05, 0) is 49.9 Å². The van der Waals surface area contributed by atoms with Gasteiger partial charge in [-0.15, -0.1) is 0 Å². The molecular weight excluding hydrogens is 218 g/mol. The van der Waals surface area contributed by atoms with Crippen LogP contribution in [0.25, 0.3) is 0 Å². The standard InChI is InChI=1S/C17H33N/c1-3-7-14-10-12-17(18,13-11-14)16-9-6-5-8-15(16)4-2/h14-16H,3-13,18H2,1-2H3. The monoisotopic (exact) mass is 251 g/mol. The fraction of sp³-hybridized carbons (Fsp3) is 1.00. The molecule has 0 radical (unpaired) electrons. The molecule has 1 nitrogen and oxygen atoms in total. The number of nitrogens with two attached hydrogens (primary N) is 1. The van der Waals surface area contributed by atoms with E-state index < -0.39 is 0 Å². The molecule has 0 aromatic heterocycles. The molecule has 2 N–H and O–H groups in total. The third-order valence-electron chi connectivity index (χ3n) is 5.90. The molecule has 2 rings (SSSR count). The summed E-state index contributed by atoms with van der Waals surface area (Å²) in [7, 11) is 0. The van der Waals surface area contributed by atoms with E-state index in [0.29, 0.717) is 0 Å². The maximum absolute atomic E-state index is 6.86. The number of hydrogen-bond acceptors (Lipinski definition) is 1. The van der Waals surface area contributed by atoms with E-state index in [2.05, 4.69) is 13.8 Å². The summed E-state index contributed by atoms with van der Waals surface area (Å²) in [5.41, 5.74) is 7.06. The van der Waals surface area contributed by atoms with Gasteiger partial charge in [-0.1, -0.05) is 52.4 Å². The average Bonchev–Trinajstić information content (AvgIpc) is 2.42. The van der Waals surface area contributed by atoms with Crippen molar-refractivity contribution in [1.82, 2.24) is 0 Å². The van der Waals surface area contributed by atoms with Crippen LogP contribution < -0.4 is 5.73 Å². The molecule has 0 heterocycles. The molecule has 2 atom stereocenters. The second kappa shape index (κ2) is 6.41. The zero-order chi connectivity index (χ0) is 13.0. The van der Waals surface area contributed by atoms with E-state index in [9.17, 15) is 0 Å². The minimum atomic E-state index is 0.200. The van der Waals surface area contributed by atoms with Gasteiger partial charge < -0.3 is 5.73 Å². The van der Waals surface area contributed by atoms with E-state index in [-0.39, 0.29) is 5.54 Å². The van der Waals surface area contributed by atoms with Gasteiger partial charge in [0.15, 0.2) is 0 Å². The Balaban J connectivity index is 1.94. The molecule has 2 unspecified atom stereocenters. The maximum atomic E-state index is 6.86. The topological polar surface area (TPSA) is 26.0 Å². The van der Waals surface area contributed by atoms with Crippen LogP contribution in [0.3, 0.4) is 0 Å². The lowest BCUT2D eigenvalue weighted by Gasteiger charge is -2.48. The van der Waals surface area contributed by atoms with Gasteiger partial charge in [0.05, 0.1) is 0 Å². The predicted octanol–water partition coefficient (Wildman–Crippen LogP) is 4.89. The third-order valence-corrected chi connectivity index (χ3v) is 5.90. The first-order chi connectivity index (χ1) is 8.69. The van der Waals surface area contributed by atoms with E-state index in [1.807, 2.05) is 0 Å². The van der Waals surface area contributed by atoms with Gasteiger partial charge in [-0.3, -0.25) is 0 Å². The van der Waals surface area contributed by atoms with Crippen molar-refractivity contribution in [1.29, 1.82) is 0 Å². The molecule has 2 aliphatic carbocycles. The normalized spacial score (nSPS) is 41.8. The molecule has 0 aliphatic heterocycles. The molecule has 0 aromatic carbocycles. The quantitative estimate of drug-likeness (QED) is 0.756. The molecular formula is C17H33N. The Morgan fingerprint density at radius 1 is 1.00 bits per heavy atom. The van der Waals surface area contributed by atoms with Crippen LogP contribution in [0, 0.1) is 17.8 Å². The summed E-state index contributed by atoms with van der Waals surface area (Å²) in [5, 5.41) is 0. The van der Waals surface area contributed by atoms with Crippen molar-refractivity contribution >= 4 is 0 Å². The van der Waals surface area contributed by atoms with Crippen molar-refractivity contribution in [2.45, 2.75) is 90.0 Å². The van der Waals surface area contributed by atoms with Crippen LogP contribution >= 0.6 is 0 Å². The first-order valence-electron chi connectivity index (χ1n) is 8.48. The van der Waals surface area contributed by atoms with E-state index in [4.69, 9.17) is 5.73 Å². The lowest BCUT2D eigenvalue weighted by molar-refractivity contribution is 0.0789. The van der Waals surface area contributed by atoms with Crippen LogP contribution in [0.2, 0.25) is 0 Å². The van der Waals surface area contributed by atoms with Crippen molar-refractivity contribution < 1.29 is 0 Å². The van der Waals surface area contributed by atoms with Gasteiger partial charge in [0.2, 0.25) is 0 Å². The Hall–Kier alpha value is -0.0400. The van der Waals surface area contributed by atoms with Crippen LogP contribution in [0.4, 0.5) is 0 Å². The Kier molecular flexibility index (Phi) is 5.12. The summed E-state index contributed by atoms with van der Waals surface area (Å²) in [5.74, 6) is 2.74. The summed E-state index contributed by atoms with van der Waals surface area (Å²) in [6, 6.07) is 0. The van der Waals surface area contributed by atoms with Crippen molar-refractivity contribution in [2.75, 3.05) is 0 Å². The molecule has 106 valence electrons. The fourth-order valence-corrected chi connectivity index (χ4v) is 4.74. The minimum Gasteiger partial charge on any atom is -0.325 e. The number of hydrogen-bond donors (Lipinski definition) is 1. The van der Waals surface area contributed by atoms with Gasteiger partial charge in [-0.25, -0.2) is 0 Å². The highest BCUT2D eigenvalue weighted by Crippen LogP contribution is 2.45. The number of rotatable bonds is 4. The largest absolute Gasteiger partial charge is 0.325 e. The molecule has 0 aromatic rings. The molecule has 2 saturated carbocycles. The average molecular weight is 251 g/mol. The molecule has 2 aliphatic rings. The SMILES string of the molecule is CCCC1CCC(N)(C2CCCCC2CC)CC1. The third kappa shape index (κ3) is 3.10. The molecule has 0 bridgehead atoms. The highest BCUT2D eigenvalue weighted by molar-refractivity contribution is 4.98. The first-order valence-corrected chi connectivity index (χ1v) is 8.48. The van der Waals surface area contributed by atoms with Gasteiger partial charge in [0.25, 0.3) is 0 Å². The lowest BCUT2D eigenvalue weighted by Crippen LogP contribution is -2.53. The van der Waals surface area contributed by atoms with Gasteiger partial charge >= 0.3 is 0 Å². The molecule has 0 spiro atoms. The van der Waals surface area contributed by atoms with Crippen molar-refractivity contribution in [3.63, 3.8) is 0 Å².